The number of oxime groups is 1. The van der Waals surface area contributed by atoms with E-state index in [0.717, 1.165) is 15.6 Å². The minimum absolute atomic E-state index is 0.0767. The average molecular weight is 498 g/mol. The highest BCUT2D eigenvalue weighted by atomic mass is 79.9. The van der Waals surface area contributed by atoms with E-state index in [4.69, 9.17) is 9.02 Å². The third kappa shape index (κ3) is 4.76. The number of aryl methyl sites for hydroxylation is 1. The lowest BCUT2D eigenvalue weighted by Gasteiger charge is -2.08. The Bertz CT molecular complexity index is 1310. The lowest BCUT2D eigenvalue weighted by molar-refractivity contribution is -0.136. The summed E-state index contributed by atoms with van der Waals surface area (Å²) in [6.07, 6.45) is 1.63. The van der Waals surface area contributed by atoms with Crippen LogP contribution in [0.4, 0.5) is 0 Å². The molecule has 0 amide bonds. The zero-order valence-corrected chi connectivity index (χ0v) is 18.7. The quantitative estimate of drug-likeness (QED) is 0.285. The first-order chi connectivity index (χ1) is 14.8. The molecule has 1 heterocycles. The van der Waals surface area contributed by atoms with Gasteiger partial charge < -0.3 is 9.02 Å². The molecule has 6 nitrogen and oxygen atoms in total. The van der Waals surface area contributed by atoms with Crippen molar-refractivity contribution in [3.05, 3.63) is 99.5 Å². The molecular weight excluding hydrogens is 482 g/mol. The van der Waals surface area contributed by atoms with E-state index >= 15 is 0 Å². The first-order valence-electron chi connectivity index (χ1n) is 9.20. The zero-order valence-electron chi connectivity index (χ0n) is 16.3. The van der Waals surface area contributed by atoms with Crippen LogP contribution < -0.4 is 4.18 Å². The van der Waals surface area contributed by atoms with Gasteiger partial charge in [0, 0.05) is 10.0 Å². The van der Waals surface area contributed by atoms with E-state index in [1.165, 1.54) is 24.3 Å². The summed E-state index contributed by atoms with van der Waals surface area (Å²) in [4.78, 5) is 17.1. The molecule has 0 unspecified atom stereocenters. The van der Waals surface area contributed by atoms with Crippen molar-refractivity contribution in [2.24, 2.45) is 5.16 Å². The topological polar surface area (TPSA) is 82.0 Å². The molecule has 3 aromatic carbocycles. The van der Waals surface area contributed by atoms with Crippen LogP contribution in [-0.2, 0) is 19.8 Å². The first kappa shape index (κ1) is 21.0. The Labute approximate surface area is 188 Å². The molecule has 1 aliphatic heterocycles. The van der Waals surface area contributed by atoms with Gasteiger partial charge in [-0.15, -0.1) is 0 Å². The summed E-state index contributed by atoms with van der Waals surface area (Å²) in [5.74, 6) is -0.394. The van der Waals surface area contributed by atoms with Crippen LogP contribution in [0.25, 0.3) is 6.08 Å². The summed E-state index contributed by atoms with van der Waals surface area (Å²) in [5, 5.41) is 3.89. The Kier molecular flexibility index (Phi) is 5.75. The van der Waals surface area contributed by atoms with Gasteiger partial charge in [-0.3, -0.25) is 0 Å². The van der Waals surface area contributed by atoms with E-state index in [0.29, 0.717) is 16.8 Å². The lowest BCUT2D eigenvalue weighted by Crippen LogP contribution is -2.09. The van der Waals surface area contributed by atoms with Crippen LogP contribution in [0.3, 0.4) is 0 Å². The smallest absolute Gasteiger partial charge is 0.368 e. The normalized spacial score (nSPS) is 15.0. The summed E-state index contributed by atoms with van der Waals surface area (Å²) in [7, 11) is -3.94. The molecule has 0 saturated heterocycles. The summed E-state index contributed by atoms with van der Waals surface area (Å²) in [6.45, 7) is 1.87. The standard InChI is InChI=1S/C23H16BrNO5S/c1-15-5-11-20(12-6-15)31(27,28)30-19-9-7-16(8-10-19)13-21-22(25-29-23(21)26)17-3-2-4-18(24)14-17/h2-14H,1H3/b21-13-. The molecule has 4 rings (SSSR count). The fraction of sp³-hybridized carbons (Fsp3) is 0.0435. The number of carbonyl (C=O) groups excluding carboxylic acids is 1. The SMILES string of the molecule is Cc1ccc(S(=O)(=O)Oc2ccc(/C=C3\C(=O)ON=C3c3cccc(Br)c3)cc2)cc1. The number of hydrogen-bond donors (Lipinski definition) is 0. The van der Waals surface area contributed by atoms with Gasteiger partial charge in [-0.1, -0.05) is 63.0 Å². The van der Waals surface area contributed by atoms with E-state index in [-0.39, 0.29) is 10.6 Å². The van der Waals surface area contributed by atoms with Gasteiger partial charge in [-0.05, 0) is 55.0 Å². The fourth-order valence-corrected chi connectivity index (χ4v) is 4.25. The molecule has 0 aliphatic carbocycles. The molecule has 156 valence electrons. The van der Waals surface area contributed by atoms with Crippen molar-refractivity contribution in [3.63, 3.8) is 0 Å². The van der Waals surface area contributed by atoms with E-state index in [2.05, 4.69) is 21.1 Å². The molecule has 0 aromatic heterocycles. The Morgan fingerprint density at radius 3 is 2.39 bits per heavy atom. The average Bonchev–Trinajstić information content (AvgIpc) is 3.10. The highest BCUT2D eigenvalue weighted by molar-refractivity contribution is 9.10. The van der Waals surface area contributed by atoms with Crippen molar-refractivity contribution in [2.75, 3.05) is 0 Å². The van der Waals surface area contributed by atoms with Crippen molar-refractivity contribution in [2.45, 2.75) is 11.8 Å². The van der Waals surface area contributed by atoms with Gasteiger partial charge in [0.15, 0.2) is 0 Å². The van der Waals surface area contributed by atoms with Gasteiger partial charge in [-0.2, -0.15) is 8.42 Å². The van der Waals surface area contributed by atoms with E-state index < -0.39 is 16.1 Å². The third-order valence-corrected chi connectivity index (χ3v) is 6.25. The van der Waals surface area contributed by atoms with Gasteiger partial charge in [0.25, 0.3) is 0 Å². The van der Waals surface area contributed by atoms with Crippen LogP contribution in [0.5, 0.6) is 5.75 Å². The minimum Gasteiger partial charge on any atom is -0.379 e. The molecule has 1 aliphatic rings. The van der Waals surface area contributed by atoms with Crippen LogP contribution in [0.2, 0.25) is 0 Å². The number of rotatable bonds is 5. The first-order valence-corrected chi connectivity index (χ1v) is 11.4. The van der Waals surface area contributed by atoms with Gasteiger partial charge >= 0.3 is 16.1 Å². The molecular formula is C23H16BrNO5S. The molecule has 0 radical (unpaired) electrons. The Hall–Kier alpha value is -3.23. The molecule has 31 heavy (non-hydrogen) atoms. The molecule has 8 heteroatoms. The molecule has 0 atom stereocenters. The second-order valence-electron chi connectivity index (χ2n) is 6.81. The van der Waals surface area contributed by atoms with Crippen LogP contribution in [-0.4, -0.2) is 20.1 Å². The maximum absolute atomic E-state index is 12.4. The number of halogens is 1. The number of benzene rings is 3. The molecule has 0 bridgehead atoms. The zero-order chi connectivity index (χ0) is 22.0. The van der Waals surface area contributed by atoms with Crippen molar-refractivity contribution in [1.29, 1.82) is 0 Å². The van der Waals surface area contributed by atoms with E-state index in [1.807, 2.05) is 31.2 Å². The molecule has 0 spiro atoms. The maximum Gasteiger partial charge on any atom is 0.368 e. The predicted molar refractivity (Wildman–Crippen MR) is 120 cm³/mol. The summed E-state index contributed by atoms with van der Waals surface area (Å²) in [6, 6.07) is 20.1. The van der Waals surface area contributed by atoms with Crippen molar-refractivity contribution in [3.8, 4) is 5.75 Å². The Morgan fingerprint density at radius 1 is 1.00 bits per heavy atom. The fourth-order valence-electron chi connectivity index (χ4n) is 2.92. The minimum atomic E-state index is -3.94. The predicted octanol–water partition coefficient (Wildman–Crippen LogP) is 4.87. The molecule has 0 fully saturated rings. The highest BCUT2D eigenvalue weighted by Gasteiger charge is 2.27. The Balaban J connectivity index is 1.56. The number of hydrogen-bond acceptors (Lipinski definition) is 6. The monoisotopic (exact) mass is 497 g/mol. The summed E-state index contributed by atoms with van der Waals surface area (Å²) >= 11 is 3.40. The van der Waals surface area contributed by atoms with Crippen LogP contribution >= 0.6 is 15.9 Å². The van der Waals surface area contributed by atoms with Crippen LogP contribution in [0.1, 0.15) is 16.7 Å². The molecule has 3 aromatic rings. The third-order valence-electron chi connectivity index (χ3n) is 4.50. The second kappa shape index (κ2) is 8.49. The van der Waals surface area contributed by atoms with Gasteiger partial charge in [0.2, 0.25) is 0 Å². The van der Waals surface area contributed by atoms with Crippen molar-refractivity contribution >= 4 is 43.8 Å². The van der Waals surface area contributed by atoms with E-state index in [1.54, 1.807) is 30.3 Å². The molecule has 0 N–H and O–H groups in total. The lowest BCUT2D eigenvalue weighted by atomic mass is 10.0. The van der Waals surface area contributed by atoms with Gasteiger partial charge in [-0.25, -0.2) is 4.79 Å². The van der Waals surface area contributed by atoms with Gasteiger partial charge in [0.05, 0.1) is 5.57 Å². The van der Waals surface area contributed by atoms with Gasteiger partial charge in [0.1, 0.15) is 16.4 Å². The summed E-state index contributed by atoms with van der Waals surface area (Å²) in [5.41, 5.74) is 3.08. The van der Waals surface area contributed by atoms with E-state index in [9.17, 15) is 13.2 Å². The number of nitrogens with zero attached hydrogens (tertiary/aromatic N) is 1. The molecule has 0 saturated carbocycles. The highest BCUT2D eigenvalue weighted by Crippen LogP contribution is 2.25. The van der Waals surface area contributed by atoms with Crippen LogP contribution in [0.15, 0.2) is 92.9 Å². The van der Waals surface area contributed by atoms with Crippen molar-refractivity contribution < 1.29 is 22.2 Å². The number of carbonyl (C=O) groups is 1. The van der Waals surface area contributed by atoms with Crippen LogP contribution in [0, 0.1) is 6.92 Å². The Morgan fingerprint density at radius 2 is 1.71 bits per heavy atom. The largest absolute Gasteiger partial charge is 0.379 e. The van der Waals surface area contributed by atoms with Crippen molar-refractivity contribution in [1.82, 2.24) is 0 Å². The summed E-state index contributed by atoms with van der Waals surface area (Å²) < 4.78 is 30.9. The second-order valence-corrected chi connectivity index (χ2v) is 9.27. The maximum atomic E-state index is 12.4.